The summed E-state index contributed by atoms with van der Waals surface area (Å²) in [5.41, 5.74) is 0. The highest BCUT2D eigenvalue weighted by molar-refractivity contribution is 5.06. The Bertz CT molecular complexity index is 539. The minimum absolute atomic E-state index is 0.163. The Morgan fingerprint density at radius 1 is 0.759 bits per heavy atom. The maximum atomic E-state index is 11.1. The molecule has 4 saturated carbocycles. The average Bonchev–Trinajstić information content (AvgIpc) is 3.02. The van der Waals surface area contributed by atoms with E-state index in [4.69, 9.17) is 0 Å². The number of hydrogen-bond donors (Lipinski definition) is 4. The van der Waals surface area contributed by atoms with Gasteiger partial charge in [-0.3, -0.25) is 0 Å². The topological polar surface area (TPSA) is 80.9 Å². The molecule has 0 heterocycles. The van der Waals surface area contributed by atoms with Crippen LogP contribution in [-0.4, -0.2) is 45.3 Å². The predicted molar refractivity (Wildman–Crippen MR) is 114 cm³/mol. The molecular weight excluding hydrogens is 364 g/mol. The van der Waals surface area contributed by atoms with Crippen molar-refractivity contribution in [2.45, 2.75) is 96.4 Å². The third kappa shape index (κ3) is 4.29. The molecule has 4 nitrogen and oxygen atoms in total. The first kappa shape index (κ1) is 22.0. The highest BCUT2D eigenvalue weighted by Gasteiger charge is 2.57. The largest absolute Gasteiger partial charge is 0.396 e. The molecule has 168 valence electrons. The summed E-state index contributed by atoms with van der Waals surface area (Å²) in [7, 11) is 0. The number of aliphatic hydroxyl groups is 4. The zero-order valence-electron chi connectivity index (χ0n) is 18.5. The van der Waals surface area contributed by atoms with E-state index in [1.54, 1.807) is 0 Å². The van der Waals surface area contributed by atoms with Crippen molar-refractivity contribution in [1.29, 1.82) is 0 Å². The van der Waals surface area contributed by atoms with Crippen molar-refractivity contribution in [1.82, 2.24) is 0 Å². The second-order valence-corrected chi connectivity index (χ2v) is 11.4. The van der Waals surface area contributed by atoms with E-state index < -0.39 is 0 Å². The fraction of sp³-hybridized carbons (Fsp3) is 1.00. The summed E-state index contributed by atoms with van der Waals surface area (Å²) in [6.45, 7) is 4.70. The van der Waals surface area contributed by atoms with Crippen molar-refractivity contribution in [2.24, 2.45) is 53.3 Å². The molecule has 4 N–H and O–H groups in total. The summed E-state index contributed by atoms with van der Waals surface area (Å²) in [6, 6.07) is 0. The van der Waals surface area contributed by atoms with Gasteiger partial charge in [0.1, 0.15) is 0 Å². The van der Waals surface area contributed by atoms with Gasteiger partial charge in [-0.15, -0.1) is 0 Å². The average molecular weight is 409 g/mol. The van der Waals surface area contributed by atoms with Gasteiger partial charge in [-0.2, -0.15) is 0 Å². The second-order valence-electron chi connectivity index (χ2n) is 11.4. The maximum Gasteiger partial charge on any atom is 0.0576 e. The predicted octanol–water partition coefficient (Wildman–Crippen LogP) is 3.60. The summed E-state index contributed by atoms with van der Waals surface area (Å²) in [6.07, 6.45) is 9.81. The molecule has 4 aliphatic carbocycles. The lowest BCUT2D eigenvalue weighted by atomic mass is 9.52. The van der Waals surface area contributed by atoms with Gasteiger partial charge < -0.3 is 20.4 Å². The van der Waals surface area contributed by atoms with Crippen LogP contribution in [0.4, 0.5) is 0 Å². The van der Waals surface area contributed by atoms with Crippen molar-refractivity contribution in [2.75, 3.05) is 6.61 Å². The first-order chi connectivity index (χ1) is 13.9. The highest BCUT2D eigenvalue weighted by Crippen LogP contribution is 2.60. The van der Waals surface area contributed by atoms with E-state index in [1.807, 2.05) is 0 Å². The highest BCUT2D eigenvalue weighted by atomic mass is 16.3. The molecule has 4 heteroatoms. The van der Waals surface area contributed by atoms with Crippen molar-refractivity contribution in [3.05, 3.63) is 0 Å². The lowest BCUT2D eigenvalue weighted by molar-refractivity contribution is -0.115. The number of fused-ring (bicyclic) bond motifs is 5. The van der Waals surface area contributed by atoms with E-state index in [2.05, 4.69) is 13.8 Å². The van der Waals surface area contributed by atoms with Crippen molar-refractivity contribution in [3.8, 4) is 0 Å². The minimum Gasteiger partial charge on any atom is -0.396 e. The lowest BCUT2D eigenvalue weighted by Crippen LogP contribution is -2.52. The fourth-order valence-electron chi connectivity index (χ4n) is 8.43. The molecule has 29 heavy (non-hydrogen) atoms. The third-order valence-corrected chi connectivity index (χ3v) is 9.70. The van der Waals surface area contributed by atoms with Gasteiger partial charge in [-0.05, 0) is 105 Å². The van der Waals surface area contributed by atoms with E-state index in [-0.39, 0.29) is 24.9 Å². The van der Waals surface area contributed by atoms with Gasteiger partial charge in [-0.1, -0.05) is 26.7 Å². The van der Waals surface area contributed by atoms with Gasteiger partial charge in [-0.25, -0.2) is 0 Å². The van der Waals surface area contributed by atoms with Crippen LogP contribution in [0.1, 0.15) is 78.1 Å². The van der Waals surface area contributed by atoms with Gasteiger partial charge in [0, 0.05) is 6.61 Å². The molecule has 4 rings (SSSR count). The Labute approximate surface area is 177 Å². The zero-order valence-corrected chi connectivity index (χ0v) is 18.5. The Morgan fingerprint density at radius 2 is 1.48 bits per heavy atom. The van der Waals surface area contributed by atoms with Gasteiger partial charge in [0.25, 0.3) is 0 Å². The summed E-state index contributed by atoms with van der Waals surface area (Å²) >= 11 is 0. The summed E-state index contributed by atoms with van der Waals surface area (Å²) < 4.78 is 0. The zero-order chi connectivity index (χ0) is 20.7. The maximum absolute atomic E-state index is 11.1. The van der Waals surface area contributed by atoms with Crippen LogP contribution in [0, 0.1) is 53.3 Å². The van der Waals surface area contributed by atoms with Crippen molar-refractivity contribution >= 4 is 0 Å². The molecule has 12 atom stereocenters. The first-order valence-electron chi connectivity index (χ1n) is 12.6. The van der Waals surface area contributed by atoms with Crippen LogP contribution in [0.2, 0.25) is 0 Å². The summed E-state index contributed by atoms with van der Waals surface area (Å²) in [5.74, 6) is 4.47. The summed E-state index contributed by atoms with van der Waals surface area (Å²) in [4.78, 5) is 0. The Morgan fingerprint density at radius 3 is 2.24 bits per heavy atom. The lowest BCUT2D eigenvalue weighted by Gasteiger charge is -2.54. The van der Waals surface area contributed by atoms with Crippen molar-refractivity contribution in [3.63, 3.8) is 0 Å². The quantitative estimate of drug-likeness (QED) is 0.541. The van der Waals surface area contributed by atoms with Crippen LogP contribution in [0.15, 0.2) is 0 Å². The van der Waals surface area contributed by atoms with Gasteiger partial charge in [0.05, 0.1) is 18.3 Å². The van der Waals surface area contributed by atoms with Crippen molar-refractivity contribution < 1.29 is 20.4 Å². The normalized spacial score (nSPS) is 49.0. The molecule has 0 spiro atoms. The molecular formula is C25H44O4. The van der Waals surface area contributed by atoms with Crippen LogP contribution in [0.5, 0.6) is 0 Å². The molecule has 4 fully saturated rings. The second kappa shape index (κ2) is 9.14. The van der Waals surface area contributed by atoms with E-state index in [9.17, 15) is 20.4 Å². The molecule has 0 aromatic heterocycles. The van der Waals surface area contributed by atoms with Crippen LogP contribution < -0.4 is 0 Å². The Kier molecular flexibility index (Phi) is 6.95. The molecule has 0 unspecified atom stereocenters. The number of rotatable bonds is 6. The monoisotopic (exact) mass is 408 g/mol. The van der Waals surface area contributed by atoms with E-state index in [1.165, 1.54) is 12.8 Å². The van der Waals surface area contributed by atoms with Crippen LogP contribution in [0.3, 0.4) is 0 Å². The molecule has 0 aromatic rings. The minimum atomic E-state index is -0.244. The molecule has 0 aliphatic heterocycles. The van der Waals surface area contributed by atoms with E-state index >= 15 is 0 Å². The molecule has 4 aliphatic rings. The van der Waals surface area contributed by atoms with Crippen LogP contribution in [-0.2, 0) is 0 Å². The number of hydrogen-bond acceptors (Lipinski definition) is 4. The van der Waals surface area contributed by atoms with E-state index in [0.29, 0.717) is 53.3 Å². The molecule has 0 bridgehead atoms. The van der Waals surface area contributed by atoms with E-state index in [0.717, 1.165) is 51.4 Å². The number of aliphatic hydroxyl groups excluding tert-OH is 4. The molecule has 0 saturated heterocycles. The fourth-order valence-corrected chi connectivity index (χ4v) is 8.43. The molecule has 0 amide bonds. The van der Waals surface area contributed by atoms with Crippen LogP contribution >= 0.6 is 0 Å². The third-order valence-electron chi connectivity index (χ3n) is 9.70. The first-order valence-corrected chi connectivity index (χ1v) is 12.6. The van der Waals surface area contributed by atoms with Gasteiger partial charge in [0.2, 0.25) is 0 Å². The Hall–Kier alpha value is -0.160. The molecule has 0 aromatic carbocycles. The molecule has 0 radical (unpaired) electrons. The SMILES string of the molecule is C[C@H](CO)CCC[C@@H](C)[C@H]1[C@@H]2CC[C@H]3[C@@H]4CC[C@@H](O)C[C@H]4C[C@@H](O)[C@@H]3[C@@H]2C[C@H]1O. The Balaban J connectivity index is 1.42. The smallest absolute Gasteiger partial charge is 0.0576 e. The standard InChI is InChI=1S/C25H44O4/c1-14(13-26)4-3-5-15(2)24-20-9-8-19-18-7-6-17(27)10-16(18)11-22(28)25(19)21(20)12-23(24)29/h14-29H,3-13H2,1-2H3/t14-,15+,16-,17+,18+,19-,20+,21+,22+,23+,24-,25-/m0/s1. The van der Waals surface area contributed by atoms with Crippen LogP contribution in [0.25, 0.3) is 0 Å². The van der Waals surface area contributed by atoms with Gasteiger partial charge >= 0.3 is 0 Å². The summed E-state index contributed by atoms with van der Waals surface area (Å²) in [5, 5.41) is 41.5. The van der Waals surface area contributed by atoms with Gasteiger partial charge in [0.15, 0.2) is 0 Å².